The third kappa shape index (κ3) is 4.51. The number of carbonyl (C=O) groups excluding carboxylic acids is 2. The van der Waals surface area contributed by atoms with Gasteiger partial charge in [0.1, 0.15) is 5.75 Å². The van der Waals surface area contributed by atoms with Crippen LogP contribution in [0.3, 0.4) is 0 Å². The van der Waals surface area contributed by atoms with Crippen LogP contribution in [0.25, 0.3) is 0 Å². The minimum Gasteiger partial charge on any atom is -0.496 e. The predicted octanol–water partition coefficient (Wildman–Crippen LogP) is 2.10. The number of aryl methyl sites for hydroxylation is 2. The highest BCUT2D eigenvalue weighted by Gasteiger charge is 2.25. The number of H-pyrrole nitrogens is 1. The number of rotatable bonds is 5. The normalized spacial score (nSPS) is 14.3. The average Bonchev–Trinajstić information content (AvgIpc) is 3.17. The standard InChI is InChI=1S/C21H27N3O3/c1-15-10-18(19(27-3)11-16(15)2)13-21(26)24-8-6-23(7-9-24)20(25)12-17-4-5-22-14-17/h4-5,10-11,14,22H,6-9,12-13H2,1-3H3. The zero-order valence-corrected chi connectivity index (χ0v) is 16.2. The topological polar surface area (TPSA) is 65.6 Å². The number of benzene rings is 1. The van der Waals surface area contributed by atoms with Gasteiger partial charge in [0.05, 0.1) is 20.0 Å². The van der Waals surface area contributed by atoms with Gasteiger partial charge in [-0.15, -0.1) is 0 Å². The molecule has 0 radical (unpaired) electrons. The molecule has 144 valence electrons. The maximum Gasteiger partial charge on any atom is 0.227 e. The molecule has 1 N–H and O–H groups in total. The molecule has 3 rings (SSSR count). The molecule has 2 amide bonds. The predicted molar refractivity (Wildman–Crippen MR) is 104 cm³/mol. The molecule has 1 fully saturated rings. The molecule has 1 aliphatic rings. The number of aromatic nitrogens is 1. The summed E-state index contributed by atoms with van der Waals surface area (Å²) in [6, 6.07) is 5.92. The van der Waals surface area contributed by atoms with Crippen LogP contribution in [0.15, 0.2) is 30.6 Å². The average molecular weight is 369 g/mol. The fourth-order valence-electron chi connectivity index (χ4n) is 3.41. The summed E-state index contributed by atoms with van der Waals surface area (Å²) < 4.78 is 5.44. The van der Waals surface area contributed by atoms with E-state index in [0.29, 0.717) is 39.0 Å². The summed E-state index contributed by atoms with van der Waals surface area (Å²) in [4.78, 5) is 31.8. The molecule has 1 aliphatic heterocycles. The molecule has 6 nitrogen and oxygen atoms in total. The van der Waals surface area contributed by atoms with E-state index < -0.39 is 0 Å². The van der Waals surface area contributed by atoms with E-state index in [1.807, 2.05) is 54.2 Å². The number of amides is 2. The second-order valence-electron chi connectivity index (χ2n) is 7.08. The summed E-state index contributed by atoms with van der Waals surface area (Å²) in [5, 5.41) is 0. The zero-order chi connectivity index (χ0) is 19.4. The van der Waals surface area contributed by atoms with Gasteiger partial charge in [0.2, 0.25) is 11.8 Å². The summed E-state index contributed by atoms with van der Waals surface area (Å²) in [7, 11) is 1.63. The molecule has 0 aliphatic carbocycles. The lowest BCUT2D eigenvalue weighted by Crippen LogP contribution is -2.51. The van der Waals surface area contributed by atoms with Crippen molar-refractivity contribution in [2.75, 3.05) is 33.3 Å². The number of hydrogen-bond donors (Lipinski definition) is 1. The maximum absolute atomic E-state index is 12.7. The number of piperazine rings is 1. The minimum absolute atomic E-state index is 0.0780. The third-order valence-electron chi connectivity index (χ3n) is 5.24. The zero-order valence-electron chi connectivity index (χ0n) is 16.2. The Morgan fingerprint density at radius 2 is 1.59 bits per heavy atom. The van der Waals surface area contributed by atoms with Crippen molar-refractivity contribution < 1.29 is 14.3 Å². The van der Waals surface area contributed by atoms with Crippen LogP contribution in [0.5, 0.6) is 5.75 Å². The van der Waals surface area contributed by atoms with Crippen LogP contribution in [-0.2, 0) is 22.4 Å². The van der Waals surface area contributed by atoms with E-state index in [0.717, 1.165) is 28.0 Å². The van der Waals surface area contributed by atoms with Gasteiger partial charge < -0.3 is 19.5 Å². The van der Waals surface area contributed by atoms with Gasteiger partial charge in [-0.3, -0.25) is 9.59 Å². The molecular formula is C21H27N3O3. The molecule has 0 spiro atoms. The monoisotopic (exact) mass is 369 g/mol. The van der Waals surface area contributed by atoms with E-state index in [1.54, 1.807) is 7.11 Å². The van der Waals surface area contributed by atoms with Crippen LogP contribution in [0.4, 0.5) is 0 Å². The molecule has 1 aromatic heterocycles. The van der Waals surface area contributed by atoms with Crippen LogP contribution < -0.4 is 4.74 Å². The Morgan fingerprint density at radius 1 is 1.00 bits per heavy atom. The van der Waals surface area contributed by atoms with E-state index >= 15 is 0 Å². The number of aromatic amines is 1. The van der Waals surface area contributed by atoms with Crippen LogP contribution in [0, 0.1) is 13.8 Å². The van der Waals surface area contributed by atoms with Crippen LogP contribution in [-0.4, -0.2) is 59.9 Å². The van der Waals surface area contributed by atoms with Crippen molar-refractivity contribution in [3.05, 3.63) is 52.8 Å². The summed E-state index contributed by atoms with van der Waals surface area (Å²) >= 11 is 0. The maximum atomic E-state index is 12.7. The van der Waals surface area contributed by atoms with Crippen molar-refractivity contribution in [1.82, 2.24) is 14.8 Å². The Hall–Kier alpha value is -2.76. The molecule has 1 saturated heterocycles. The smallest absolute Gasteiger partial charge is 0.227 e. The van der Waals surface area contributed by atoms with Gasteiger partial charge >= 0.3 is 0 Å². The van der Waals surface area contributed by atoms with Crippen molar-refractivity contribution in [1.29, 1.82) is 0 Å². The van der Waals surface area contributed by atoms with Crippen molar-refractivity contribution in [2.45, 2.75) is 26.7 Å². The molecule has 2 heterocycles. The first kappa shape index (κ1) is 19.0. The third-order valence-corrected chi connectivity index (χ3v) is 5.24. The second-order valence-corrected chi connectivity index (χ2v) is 7.08. The van der Waals surface area contributed by atoms with Crippen molar-refractivity contribution in [3.63, 3.8) is 0 Å². The van der Waals surface area contributed by atoms with Gasteiger partial charge in [0.15, 0.2) is 0 Å². The second kappa shape index (κ2) is 8.29. The number of hydrogen-bond acceptors (Lipinski definition) is 3. The van der Waals surface area contributed by atoms with Gasteiger partial charge in [-0.1, -0.05) is 6.07 Å². The number of ether oxygens (including phenoxy) is 1. The summed E-state index contributed by atoms with van der Waals surface area (Å²) in [6.07, 6.45) is 4.38. The summed E-state index contributed by atoms with van der Waals surface area (Å²) in [6.45, 7) is 6.39. The number of nitrogens with zero attached hydrogens (tertiary/aromatic N) is 2. The largest absolute Gasteiger partial charge is 0.496 e. The molecule has 2 aromatic rings. The molecule has 0 bridgehead atoms. The van der Waals surface area contributed by atoms with Gasteiger partial charge in [-0.05, 0) is 42.7 Å². The van der Waals surface area contributed by atoms with E-state index in [2.05, 4.69) is 4.98 Å². The Morgan fingerprint density at radius 3 is 2.15 bits per heavy atom. The quantitative estimate of drug-likeness (QED) is 0.878. The number of methoxy groups -OCH3 is 1. The van der Waals surface area contributed by atoms with Gasteiger partial charge in [-0.25, -0.2) is 0 Å². The SMILES string of the molecule is COc1cc(C)c(C)cc1CC(=O)N1CCN(C(=O)Cc2cc[nH]c2)CC1. The summed E-state index contributed by atoms with van der Waals surface area (Å²) in [5.74, 6) is 0.943. The molecular weight excluding hydrogens is 342 g/mol. The number of nitrogens with one attached hydrogen (secondary N) is 1. The summed E-state index contributed by atoms with van der Waals surface area (Å²) in [5.41, 5.74) is 4.20. The first-order valence-corrected chi connectivity index (χ1v) is 9.29. The van der Waals surface area contributed by atoms with Crippen molar-refractivity contribution in [3.8, 4) is 5.75 Å². The highest BCUT2D eigenvalue weighted by molar-refractivity contribution is 5.81. The lowest BCUT2D eigenvalue weighted by molar-refractivity contribution is -0.138. The molecule has 6 heteroatoms. The minimum atomic E-state index is 0.0780. The van der Waals surface area contributed by atoms with E-state index in [4.69, 9.17) is 4.74 Å². The Balaban J connectivity index is 1.56. The van der Waals surface area contributed by atoms with E-state index in [1.165, 1.54) is 0 Å². The van der Waals surface area contributed by atoms with Crippen LogP contribution in [0.1, 0.15) is 22.3 Å². The first-order chi connectivity index (χ1) is 13.0. The van der Waals surface area contributed by atoms with Gasteiger partial charge in [0.25, 0.3) is 0 Å². The van der Waals surface area contributed by atoms with E-state index in [9.17, 15) is 9.59 Å². The van der Waals surface area contributed by atoms with Crippen molar-refractivity contribution >= 4 is 11.8 Å². The Labute approximate surface area is 160 Å². The Kier molecular flexibility index (Phi) is 5.84. The molecule has 27 heavy (non-hydrogen) atoms. The van der Waals surface area contributed by atoms with Crippen molar-refractivity contribution in [2.24, 2.45) is 0 Å². The fourth-order valence-corrected chi connectivity index (χ4v) is 3.41. The van der Waals surface area contributed by atoms with E-state index in [-0.39, 0.29) is 11.8 Å². The van der Waals surface area contributed by atoms with Gasteiger partial charge in [-0.2, -0.15) is 0 Å². The molecule has 0 unspecified atom stereocenters. The highest BCUT2D eigenvalue weighted by Crippen LogP contribution is 2.24. The lowest BCUT2D eigenvalue weighted by atomic mass is 10.0. The van der Waals surface area contributed by atoms with Crippen LogP contribution >= 0.6 is 0 Å². The lowest BCUT2D eigenvalue weighted by Gasteiger charge is -2.35. The molecule has 1 aromatic carbocycles. The van der Waals surface area contributed by atoms with Gasteiger partial charge in [0, 0.05) is 44.1 Å². The molecule has 0 atom stereocenters. The molecule has 0 saturated carbocycles. The fraction of sp³-hybridized carbons (Fsp3) is 0.429. The van der Waals surface area contributed by atoms with Crippen LogP contribution in [0.2, 0.25) is 0 Å². The first-order valence-electron chi connectivity index (χ1n) is 9.29. The number of carbonyl (C=O) groups is 2. The highest BCUT2D eigenvalue weighted by atomic mass is 16.5. The Bertz CT molecular complexity index is 806.